The van der Waals surface area contributed by atoms with Crippen LogP contribution >= 0.6 is 0 Å². The van der Waals surface area contributed by atoms with Gasteiger partial charge in [-0.3, -0.25) is 0 Å². The molecule has 4 rings (SSSR count). The second-order valence-corrected chi connectivity index (χ2v) is 4.70. The van der Waals surface area contributed by atoms with Crippen molar-refractivity contribution in [3.8, 4) is 12.1 Å². The molecule has 0 N–H and O–H groups in total. The Morgan fingerprint density at radius 2 is 1.14 bits per heavy atom. The second-order valence-electron chi connectivity index (χ2n) is 4.70. The molecule has 0 amide bonds. The monoisotopic (exact) mass is 282 g/mol. The van der Waals surface area contributed by atoms with Crippen molar-refractivity contribution in [3.05, 3.63) is 47.8 Å². The lowest BCUT2D eigenvalue weighted by Crippen LogP contribution is -1.99. The van der Waals surface area contributed by atoms with Crippen LogP contribution < -0.4 is 0 Å². The van der Waals surface area contributed by atoms with Gasteiger partial charge in [0.1, 0.15) is 12.1 Å². The fraction of sp³-hybridized carbons (Fsp3) is 0. The van der Waals surface area contributed by atoms with Crippen LogP contribution in [-0.4, -0.2) is 19.9 Å². The summed E-state index contributed by atoms with van der Waals surface area (Å²) < 4.78 is 0. The lowest BCUT2D eigenvalue weighted by molar-refractivity contribution is 1.14. The van der Waals surface area contributed by atoms with Crippen LogP contribution in [0.4, 0.5) is 0 Å². The van der Waals surface area contributed by atoms with Gasteiger partial charge in [0.2, 0.25) is 0 Å². The Kier molecular flexibility index (Phi) is 2.45. The van der Waals surface area contributed by atoms with Crippen molar-refractivity contribution in [3.63, 3.8) is 0 Å². The Bertz CT molecular complexity index is 1060. The smallest absolute Gasteiger partial charge is 0.199 e. The van der Waals surface area contributed by atoms with Crippen molar-refractivity contribution in [2.24, 2.45) is 0 Å². The summed E-state index contributed by atoms with van der Waals surface area (Å²) >= 11 is 0. The van der Waals surface area contributed by atoms with Crippen molar-refractivity contribution in [2.75, 3.05) is 0 Å². The van der Waals surface area contributed by atoms with Gasteiger partial charge in [0.15, 0.2) is 22.7 Å². The first-order valence-electron chi connectivity index (χ1n) is 6.47. The lowest BCUT2D eigenvalue weighted by Gasteiger charge is -2.03. The van der Waals surface area contributed by atoms with E-state index in [1.54, 1.807) is 0 Å². The van der Waals surface area contributed by atoms with Gasteiger partial charge in [-0.15, -0.1) is 0 Å². The van der Waals surface area contributed by atoms with Crippen molar-refractivity contribution >= 4 is 33.1 Å². The molecular formula is C16H6N6. The highest BCUT2D eigenvalue weighted by molar-refractivity contribution is 5.96. The second kappa shape index (κ2) is 4.44. The average Bonchev–Trinajstić information content (AvgIpc) is 2.56. The molecular weight excluding hydrogens is 276 g/mol. The number of nitrogens with zero attached hydrogens (tertiary/aromatic N) is 6. The summed E-state index contributed by atoms with van der Waals surface area (Å²) in [5.41, 5.74) is 1.80. The summed E-state index contributed by atoms with van der Waals surface area (Å²) in [6, 6.07) is 15.4. The minimum Gasteiger partial charge on any atom is -0.224 e. The first-order chi connectivity index (χ1) is 10.8. The maximum Gasteiger partial charge on any atom is 0.199 e. The van der Waals surface area contributed by atoms with Gasteiger partial charge in [0.25, 0.3) is 0 Å². The zero-order valence-corrected chi connectivity index (χ0v) is 11.1. The zero-order chi connectivity index (χ0) is 15.1. The van der Waals surface area contributed by atoms with Gasteiger partial charge in [-0.05, 0) is 22.9 Å². The molecule has 4 aromatic rings. The standard InChI is InChI=1S/C16H6N6/c17-7-13-14(8-18)22-16-15(21-13)19-11-5-9-3-1-2-4-10(9)6-12(11)20-16/h1-6H. The molecule has 2 aromatic carbocycles. The minimum atomic E-state index is -0.0376. The number of hydrogen-bond acceptors (Lipinski definition) is 6. The summed E-state index contributed by atoms with van der Waals surface area (Å²) in [6.45, 7) is 0. The zero-order valence-electron chi connectivity index (χ0n) is 11.1. The van der Waals surface area contributed by atoms with Gasteiger partial charge in [0.05, 0.1) is 11.0 Å². The van der Waals surface area contributed by atoms with Gasteiger partial charge in [-0.25, -0.2) is 19.9 Å². The summed E-state index contributed by atoms with van der Waals surface area (Å²) in [5, 5.41) is 20.1. The van der Waals surface area contributed by atoms with E-state index in [2.05, 4.69) is 19.9 Å². The number of fused-ring (bicyclic) bond motifs is 3. The molecule has 2 heterocycles. The molecule has 0 saturated carbocycles. The normalized spacial score (nSPS) is 10.6. The Morgan fingerprint density at radius 1 is 0.682 bits per heavy atom. The number of aromatic nitrogens is 4. The molecule has 0 aliphatic heterocycles. The number of hydrogen-bond donors (Lipinski definition) is 0. The van der Waals surface area contributed by atoms with Crippen LogP contribution in [0.5, 0.6) is 0 Å². The fourth-order valence-corrected chi connectivity index (χ4v) is 2.35. The molecule has 6 nitrogen and oxygen atoms in total. The number of benzene rings is 2. The number of nitriles is 2. The first-order valence-corrected chi connectivity index (χ1v) is 6.47. The predicted molar refractivity (Wildman–Crippen MR) is 79.6 cm³/mol. The molecule has 2 aromatic heterocycles. The number of rotatable bonds is 0. The molecule has 0 aliphatic rings. The van der Waals surface area contributed by atoms with E-state index in [4.69, 9.17) is 10.5 Å². The quantitative estimate of drug-likeness (QED) is 0.459. The molecule has 0 unspecified atom stereocenters. The summed E-state index contributed by atoms with van der Waals surface area (Å²) in [5.74, 6) is 0. The van der Waals surface area contributed by atoms with E-state index in [0.29, 0.717) is 11.0 Å². The molecule has 22 heavy (non-hydrogen) atoms. The van der Waals surface area contributed by atoms with Crippen LogP contribution in [0.2, 0.25) is 0 Å². The third kappa shape index (κ3) is 1.72. The summed E-state index contributed by atoms with van der Waals surface area (Å²) in [4.78, 5) is 17.0. The Morgan fingerprint density at radius 3 is 1.55 bits per heavy atom. The average molecular weight is 282 g/mol. The topological polar surface area (TPSA) is 99.1 Å². The van der Waals surface area contributed by atoms with E-state index in [1.807, 2.05) is 48.5 Å². The van der Waals surface area contributed by atoms with E-state index < -0.39 is 0 Å². The van der Waals surface area contributed by atoms with Crippen molar-refractivity contribution in [2.45, 2.75) is 0 Å². The molecule has 0 atom stereocenters. The van der Waals surface area contributed by atoms with E-state index in [0.717, 1.165) is 10.8 Å². The Hall–Kier alpha value is -3.64. The van der Waals surface area contributed by atoms with Crippen molar-refractivity contribution in [1.29, 1.82) is 10.5 Å². The highest BCUT2D eigenvalue weighted by atomic mass is 15.0. The van der Waals surface area contributed by atoms with E-state index >= 15 is 0 Å². The molecule has 0 aliphatic carbocycles. The van der Waals surface area contributed by atoms with E-state index in [-0.39, 0.29) is 22.7 Å². The summed E-state index contributed by atoms with van der Waals surface area (Å²) in [7, 11) is 0. The van der Waals surface area contributed by atoms with Crippen molar-refractivity contribution in [1.82, 2.24) is 19.9 Å². The van der Waals surface area contributed by atoms with Crippen LogP contribution in [-0.2, 0) is 0 Å². The molecule has 0 fully saturated rings. The third-order valence-corrected chi connectivity index (χ3v) is 3.37. The Labute approximate surface area is 124 Å². The van der Waals surface area contributed by atoms with E-state index in [9.17, 15) is 0 Å². The van der Waals surface area contributed by atoms with Gasteiger partial charge in [0, 0.05) is 0 Å². The van der Waals surface area contributed by atoms with Crippen LogP contribution in [0, 0.1) is 22.7 Å². The largest absolute Gasteiger partial charge is 0.224 e. The molecule has 0 saturated heterocycles. The van der Waals surface area contributed by atoms with Crippen LogP contribution in [0.1, 0.15) is 11.4 Å². The van der Waals surface area contributed by atoms with Crippen LogP contribution in [0.25, 0.3) is 33.1 Å². The van der Waals surface area contributed by atoms with Gasteiger partial charge in [-0.2, -0.15) is 10.5 Å². The maximum absolute atomic E-state index is 9.01. The van der Waals surface area contributed by atoms with Gasteiger partial charge < -0.3 is 0 Å². The Balaban J connectivity index is 2.13. The molecule has 0 bridgehead atoms. The molecule has 6 heteroatoms. The minimum absolute atomic E-state index is 0.0376. The summed E-state index contributed by atoms with van der Waals surface area (Å²) in [6.07, 6.45) is 0. The lowest BCUT2D eigenvalue weighted by atomic mass is 10.1. The van der Waals surface area contributed by atoms with Gasteiger partial charge >= 0.3 is 0 Å². The first kappa shape index (κ1) is 12.1. The predicted octanol–water partition coefficient (Wildman–Crippen LogP) is 2.47. The fourth-order valence-electron chi connectivity index (χ4n) is 2.35. The molecule has 0 radical (unpaired) electrons. The highest BCUT2D eigenvalue weighted by Gasteiger charge is 2.11. The molecule has 0 spiro atoms. The maximum atomic E-state index is 9.01. The van der Waals surface area contributed by atoms with Crippen LogP contribution in [0.15, 0.2) is 36.4 Å². The third-order valence-electron chi connectivity index (χ3n) is 3.37. The van der Waals surface area contributed by atoms with E-state index in [1.165, 1.54) is 0 Å². The van der Waals surface area contributed by atoms with Crippen molar-refractivity contribution < 1.29 is 0 Å². The van der Waals surface area contributed by atoms with Crippen LogP contribution in [0.3, 0.4) is 0 Å². The highest BCUT2D eigenvalue weighted by Crippen LogP contribution is 2.21. The SMILES string of the molecule is N#Cc1nc2nc3cc4ccccc4cc3nc2nc1C#N. The molecule has 100 valence electrons. The van der Waals surface area contributed by atoms with Gasteiger partial charge in [-0.1, -0.05) is 24.3 Å².